The Morgan fingerprint density at radius 3 is 2.25 bits per heavy atom. The Bertz CT molecular complexity index is 511. The number of esters is 1. The van der Waals surface area contributed by atoms with Crippen LogP contribution in [0.1, 0.15) is 65.4 Å². The maximum absolute atomic E-state index is 11.9. The van der Waals surface area contributed by atoms with Crippen LogP contribution in [0.4, 0.5) is 0 Å². The first-order valence-corrected chi connectivity index (χ1v) is 8.75. The number of carbonyl (C=O) groups excluding carboxylic acids is 2. The van der Waals surface area contributed by atoms with Crippen molar-refractivity contribution in [3.05, 3.63) is 29.8 Å². The lowest BCUT2D eigenvalue weighted by Crippen LogP contribution is -2.24. The third-order valence-electron chi connectivity index (χ3n) is 3.41. The molecule has 1 aromatic carbocycles. The molecule has 0 aliphatic rings. The van der Waals surface area contributed by atoms with Crippen LogP contribution in [0.5, 0.6) is 5.75 Å². The largest absolute Gasteiger partial charge is 0.494 e. The molecule has 1 rings (SSSR count). The number of benzene rings is 1. The molecule has 24 heavy (non-hydrogen) atoms. The summed E-state index contributed by atoms with van der Waals surface area (Å²) in [5.41, 5.74) is 0.601. The van der Waals surface area contributed by atoms with Crippen LogP contribution in [0.2, 0.25) is 0 Å². The highest BCUT2D eigenvalue weighted by Gasteiger charge is 2.17. The fourth-order valence-electron chi connectivity index (χ4n) is 2.13. The van der Waals surface area contributed by atoms with Gasteiger partial charge >= 0.3 is 5.97 Å². The quantitative estimate of drug-likeness (QED) is 0.467. The van der Waals surface area contributed by atoms with Gasteiger partial charge in [-0.25, -0.2) is 0 Å². The molecule has 0 spiro atoms. The molecule has 0 saturated carbocycles. The van der Waals surface area contributed by atoms with E-state index in [1.165, 1.54) is 0 Å². The van der Waals surface area contributed by atoms with Crippen molar-refractivity contribution in [2.75, 3.05) is 6.61 Å². The van der Waals surface area contributed by atoms with Gasteiger partial charge in [-0.05, 0) is 51.3 Å². The van der Waals surface area contributed by atoms with E-state index in [-0.39, 0.29) is 24.6 Å². The topological polar surface area (TPSA) is 52.6 Å². The molecule has 4 heteroatoms. The van der Waals surface area contributed by atoms with Gasteiger partial charge in [-0.2, -0.15) is 0 Å². The summed E-state index contributed by atoms with van der Waals surface area (Å²) in [5, 5.41) is 0. The SMILES string of the molecule is CCCCOc1ccc(CCC(=O)CCC(=O)OC(C)(C)C)cc1. The summed E-state index contributed by atoms with van der Waals surface area (Å²) in [7, 11) is 0. The Morgan fingerprint density at radius 2 is 1.67 bits per heavy atom. The van der Waals surface area contributed by atoms with Crippen LogP contribution >= 0.6 is 0 Å². The number of aryl methyl sites for hydroxylation is 1. The molecule has 0 heterocycles. The third kappa shape index (κ3) is 9.33. The molecule has 0 bridgehead atoms. The summed E-state index contributed by atoms with van der Waals surface area (Å²) in [6.45, 7) is 8.33. The smallest absolute Gasteiger partial charge is 0.306 e. The minimum Gasteiger partial charge on any atom is -0.494 e. The van der Waals surface area contributed by atoms with E-state index < -0.39 is 5.60 Å². The normalized spacial score (nSPS) is 11.2. The number of ether oxygens (including phenoxy) is 2. The van der Waals surface area contributed by atoms with E-state index in [0.29, 0.717) is 12.8 Å². The number of hydrogen-bond acceptors (Lipinski definition) is 4. The van der Waals surface area contributed by atoms with Crippen LogP contribution in [0.15, 0.2) is 24.3 Å². The van der Waals surface area contributed by atoms with E-state index in [1.54, 1.807) is 0 Å². The lowest BCUT2D eigenvalue weighted by atomic mass is 10.0. The molecular weight excluding hydrogens is 304 g/mol. The Balaban J connectivity index is 2.27. The van der Waals surface area contributed by atoms with Crippen LogP contribution in [-0.4, -0.2) is 24.0 Å². The third-order valence-corrected chi connectivity index (χ3v) is 3.41. The number of carbonyl (C=O) groups is 2. The van der Waals surface area contributed by atoms with Crippen molar-refractivity contribution >= 4 is 11.8 Å². The molecular formula is C20H30O4. The average Bonchev–Trinajstić information content (AvgIpc) is 2.51. The first-order valence-electron chi connectivity index (χ1n) is 8.75. The summed E-state index contributed by atoms with van der Waals surface area (Å²) in [5.74, 6) is 0.636. The van der Waals surface area contributed by atoms with Gasteiger partial charge in [-0.15, -0.1) is 0 Å². The van der Waals surface area contributed by atoms with Gasteiger partial charge in [0.25, 0.3) is 0 Å². The second-order valence-electron chi connectivity index (χ2n) is 6.97. The standard InChI is InChI=1S/C20H30O4/c1-5-6-15-23-18-12-8-16(9-13-18)7-10-17(21)11-14-19(22)24-20(2,3)4/h8-9,12-13H,5-7,10-11,14-15H2,1-4H3. The first-order chi connectivity index (χ1) is 11.3. The molecule has 0 saturated heterocycles. The molecule has 0 atom stereocenters. The minimum absolute atomic E-state index is 0.0872. The summed E-state index contributed by atoms with van der Waals surface area (Å²) in [6.07, 6.45) is 3.69. The van der Waals surface area contributed by atoms with E-state index >= 15 is 0 Å². The van der Waals surface area contributed by atoms with Crippen molar-refractivity contribution in [3.63, 3.8) is 0 Å². The second kappa shape index (κ2) is 10.1. The molecule has 0 unspecified atom stereocenters. The van der Waals surface area contributed by atoms with Gasteiger partial charge in [0.2, 0.25) is 0 Å². The zero-order valence-electron chi connectivity index (χ0n) is 15.4. The fraction of sp³-hybridized carbons (Fsp3) is 0.600. The minimum atomic E-state index is -0.499. The van der Waals surface area contributed by atoms with Crippen molar-refractivity contribution < 1.29 is 19.1 Å². The van der Waals surface area contributed by atoms with Crippen molar-refractivity contribution in [1.29, 1.82) is 0 Å². The van der Waals surface area contributed by atoms with Gasteiger partial charge in [0.05, 0.1) is 13.0 Å². The first kappa shape index (κ1) is 20.2. The molecule has 0 amide bonds. The summed E-state index contributed by atoms with van der Waals surface area (Å²) in [6, 6.07) is 7.86. The summed E-state index contributed by atoms with van der Waals surface area (Å²) in [4.78, 5) is 23.5. The molecule has 0 fully saturated rings. The monoisotopic (exact) mass is 334 g/mol. The van der Waals surface area contributed by atoms with Crippen LogP contribution < -0.4 is 4.74 Å². The van der Waals surface area contributed by atoms with Crippen LogP contribution in [0, 0.1) is 0 Å². The number of hydrogen-bond donors (Lipinski definition) is 0. The molecule has 134 valence electrons. The highest BCUT2D eigenvalue weighted by Crippen LogP contribution is 2.15. The predicted octanol–water partition coefficient (Wildman–Crippen LogP) is 4.49. The van der Waals surface area contributed by atoms with Gasteiger partial charge in [0.1, 0.15) is 17.1 Å². The maximum atomic E-state index is 11.9. The summed E-state index contributed by atoms with van der Waals surface area (Å²) >= 11 is 0. The number of unbranched alkanes of at least 4 members (excludes halogenated alkanes) is 1. The van der Waals surface area contributed by atoms with Crippen LogP contribution in [0.25, 0.3) is 0 Å². The lowest BCUT2D eigenvalue weighted by molar-refractivity contribution is -0.155. The second-order valence-corrected chi connectivity index (χ2v) is 6.97. The molecule has 0 N–H and O–H groups in total. The van der Waals surface area contributed by atoms with E-state index in [0.717, 1.165) is 30.8 Å². The zero-order chi connectivity index (χ0) is 18.0. The average molecular weight is 334 g/mol. The highest BCUT2D eigenvalue weighted by molar-refractivity contribution is 5.83. The Kier molecular flexibility index (Phi) is 8.51. The van der Waals surface area contributed by atoms with Gasteiger partial charge in [-0.3, -0.25) is 9.59 Å². The van der Waals surface area contributed by atoms with Gasteiger partial charge in [0, 0.05) is 12.8 Å². The molecule has 0 aliphatic heterocycles. The number of rotatable bonds is 10. The van der Waals surface area contributed by atoms with Gasteiger partial charge in [0.15, 0.2) is 0 Å². The molecule has 0 aliphatic carbocycles. The van der Waals surface area contributed by atoms with Crippen molar-refractivity contribution in [2.45, 2.75) is 71.8 Å². The zero-order valence-corrected chi connectivity index (χ0v) is 15.4. The molecule has 4 nitrogen and oxygen atoms in total. The lowest BCUT2D eigenvalue weighted by Gasteiger charge is -2.19. The van der Waals surface area contributed by atoms with Crippen molar-refractivity contribution in [3.8, 4) is 5.75 Å². The van der Waals surface area contributed by atoms with E-state index in [4.69, 9.17) is 9.47 Å². The molecule has 0 aromatic heterocycles. The van der Waals surface area contributed by atoms with Gasteiger partial charge < -0.3 is 9.47 Å². The van der Waals surface area contributed by atoms with E-state index in [9.17, 15) is 9.59 Å². The molecule has 1 aromatic rings. The van der Waals surface area contributed by atoms with Crippen LogP contribution in [0.3, 0.4) is 0 Å². The van der Waals surface area contributed by atoms with Crippen LogP contribution in [-0.2, 0) is 20.7 Å². The number of Topliss-reactive ketones (excluding diaryl/α,β-unsaturated/α-hetero) is 1. The Labute approximate surface area is 145 Å². The Morgan fingerprint density at radius 1 is 1.00 bits per heavy atom. The molecule has 0 radical (unpaired) electrons. The number of ketones is 1. The summed E-state index contributed by atoms with van der Waals surface area (Å²) < 4.78 is 10.8. The Hall–Kier alpha value is -1.84. The fourth-order valence-corrected chi connectivity index (χ4v) is 2.13. The maximum Gasteiger partial charge on any atom is 0.306 e. The van der Waals surface area contributed by atoms with Gasteiger partial charge in [-0.1, -0.05) is 25.5 Å². The predicted molar refractivity (Wildman–Crippen MR) is 95.3 cm³/mol. The highest BCUT2D eigenvalue weighted by atomic mass is 16.6. The van der Waals surface area contributed by atoms with Crippen molar-refractivity contribution in [1.82, 2.24) is 0 Å². The van der Waals surface area contributed by atoms with E-state index in [2.05, 4.69) is 6.92 Å². The van der Waals surface area contributed by atoms with E-state index in [1.807, 2.05) is 45.0 Å². The van der Waals surface area contributed by atoms with Crippen molar-refractivity contribution in [2.24, 2.45) is 0 Å².